The monoisotopic (exact) mass is 254 g/mol. The van der Waals surface area contributed by atoms with Gasteiger partial charge in [0.15, 0.2) is 0 Å². The Labute approximate surface area is 147 Å². The molecule has 0 aliphatic carbocycles. The second-order valence-electron chi connectivity index (χ2n) is 2.32. The molecular weight excluding hydrogens is 236 g/mol. The molecule has 0 aliphatic rings. The summed E-state index contributed by atoms with van der Waals surface area (Å²) in [6, 6.07) is 0. The molecule has 0 fully saturated rings. The summed E-state index contributed by atoms with van der Waals surface area (Å²) in [5, 5.41) is 9.00. The van der Waals surface area contributed by atoms with Crippen LogP contribution in [0, 0.1) is 26.2 Å². The van der Waals surface area contributed by atoms with Crippen molar-refractivity contribution in [2.24, 2.45) is 5.92 Å². The van der Waals surface area contributed by atoms with Crippen molar-refractivity contribution in [1.82, 2.24) is 0 Å². The zero-order valence-electron chi connectivity index (χ0n) is 9.20. The van der Waals surface area contributed by atoms with Crippen molar-refractivity contribution in [1.29, 1.82) is 0 Å². The van der Waals surface area contributed by atoms with Gasteiger partial charge in [-0.25, -0.2) is 18.8 Å². The molecule has 14 heavy (non-hydrogen) atoms. The first kappa shape index (κ1) is 29.7. The van der Waals surface area contributed by atoms with E-state index in [2.05, 4.69) is 20.3 Å². The minimum absolute atomic E-state index is 0. The first-order valence-electron chi connectivity index (χ1n) is 3.64. The number of carboxylic acid groups (broad SMARTS) is 1. The molecule has 0 rings (SSSR count). The predicted octanol–water partition coefficient (Wildman–Crippen LogP) is 0.0688. The van der Waals surface area contributed by atoms with Crippen LogP contribution >= 0.6 is 0 Å². The van der Waals surface area contributed by atoms with Gasteiger partial charge in [0.25, 0.3) is 5.97 Å². The Kier molecular flexibility index (Phi) is 51.5. The molecule has 0 aliphatic heterocycles. The summed E-state index contributed by atoms with van der Waals surface area (Å²) >= 11 is 0. The number of hydrogen-bond donors (Lipinski definition) is 0. The van der Waals surface area contributed by atoms with E-state index in [1.54, 1.807) is 0 Å². The van der Waals surface area contributed by atoms with E-state index in [4.69, 9.17) is 9.90 Å². The minimum Gasteiger partial charge on any atom is -0.870 e. The Balaban J connectivity index is -0.0000000347. The molecule has 0 aromatic heterocycles. The SMILES string of the molecule is CC([O-])=[OH+].[CH2-]CC([CH2-])C[CH-]C.[Ca+2].[Ca+2].[OH-]. The number of carbonyl (C=O) groups excluding carboxylic acids is 1. The van der Waals surface area contributed by atoms with Crippen LogP contribution in [0.25, 0.3) is 0 Å². The zero-order chi connectivity index (χ0) is 9.28. The average molecular weight is 254 g/mol. The maximum Gasteiger partial charge on any atom is 2.00 e. The summed E-state index contributed by atoms with van der Waals surface area (Å²) in [7, 11) is 0. The molecule has 5 heteroatoms. The Morgan fingerprint density at radius 3 is 1.86 bits per heavy atom. The summed E-state index contributed by atoms with van der Waals surface area (Å²) in [6.45, 7) is 10.7. The maximum absolute atomic E-state index is 9.00. The van der Waals surface area contributed by atoms with Gasteiger partial charge in [-0.3, -0.25) is 5.11 Å². The van der Waals surface area contributed by atoms with E-state index < -0.39 is 5.97 Å². The first-order chi connectivity index (χ1) is 5.04. The summed E-state index contributed by atoms with van der Waals surface area (Å²) in [5.74, 6) is -0.301. The molecule has 0 heterocycles. The summed E-state index contributed by atoms with van der Waals surface area (Å²) in [5.41, 5.74) is 0. The quantitative estimate of drug-likeness (QED) is 0.406. The van der Waals surface area contributed by atoms with Crippen molar-refractivity contribution in [3.05, 3.63) is 20.3 Å². The van der Waals surface area contributed by atoms with E-state index in [-0.39, 0.29) is 81.0 Å². The Morgan fingerprint density at radius 1 is 1.50 bits per heavy atom. The van der Waals surface area contributed by atoms with Crippen LogP contribution in [0.4, 0.5) is 0 Å². The zero-order valence-corrected chi connectivity index (χ0v) is 13.6. The number of carboxylic acids is 1. The third-order valence-electron chi connectivity index (χ3n) is 0.977. The minimum atomic E-state index is -0.833. The van der Waals surface area contributed by atoms with Crippen molar-refractivity contribution in [2.45, 2.75) is 26.7 Å². The van der Waals surface area contributed by atoms with Gasteiger partial charge in [0.05, 0.1) is 0 Å². The standard InChI is InChI=1S/C7H13.C2H4O2.2Ca.H2O/c1-4-6-7(3)5-2;1-2(3)4;;;/h4,7H,2-3,5-6H2,1H3;1H3,(H,3,4);;;1H2/q-3;;2*+2;/p-1. The van der Waals surface area contributed by atoms with Crippen LogP contribution in [-0.4, -0.2) is 91.7 Å². The van der Waals surface area contributed by atoms with Gasteiger partial charge in [0.1, 0.15) is 0 Å². The van der Waals surface area contributed by atoms with Crippen LogP contribution in [-0.2, 0) is 0 Å². The van der Waals surface area contributed by atoms with Crippen LogP contribution < -0.4 is 5.11 Å². The summed E-state index contributed by atoms with van der Waals surface area (Å²) in [4.78, 5) is 7.42. The molecule has 76 valence electrons. The van der Waals surface area contributed by atoms with Crippen LogP contribution in [0.2, 0.25) is 0 Å². The average Bonchev–Trinajstić information content (AvgIpc) is 1.87. The molecule has 3 nitrogen and oxygen atoms in total. The van der Waals surface area contributed by atoms with E-state index >= 15 is 0 Å². The molecule has 1 unspecified atom stereocenters. The normalized spacial score (nSPS) is 8.86. The molecule has 0 saturated heterocycles. The summed E-state index contributed by atoms with van der Waals surface area (Å²) < 4.78 is 0. The van der Waals surface area contributed by atoms with Crippen molar-refractivity contribution >= 4 is 81.4 Å². The molecule has 0 aromatic rings. The third-order valence-corrected chi connectivity index (χ3v) is 0.977. The molecular formula is C9H18Ca2O3. The molecule has 0 spiro atoms. The van der Waals surface area contributed by atoms with Gasteiger partial charge in [-0.15, -0.1) is 0 Å². The molecule has 1 atom stereocenters. The molecule has 0 bridgehead atoms. The van der Waals surface area contributed by atoms with Gasteiger partial charge in [-0.1, -0.05) is 0 Å². The fourth-order valence-corrected chi connectivity index (χ4v) is 0.451. The van der Waals surface area contributed by atoms with E-state index in [1.165, 1.54) is 0 Å². The Bertz CT molecular complexity index is 96.1. The second-order valence-corrected chi connectivity index (χ2v) is 2.32. The molecule has 0 radical (unpaired) electrons. The van der Waals surface area contributed by atoms with Gasteiger partial charge >= 0.3 is 75.5 Å². The van der Waals surface area contributed by atoms with E-state index in [1.807, 2.05) is 6.92 Å². The maximum atomic E-state index is 9.00. The van der Waals surface area contributed by atoms with Crippen LogP contribution in [0.15, 0.2) is 0 Å². The molecule has 0 amide bonds. The molecule has 0 aromatic carbocycles. The van der Waals surface area contributed by atoms with E-state index in [9.17, 15) is 0 Å². The van der Waals surface area contributed by atoms with Crippen LogP contribution in [0.1, 0.15) is 26.7 Å². The van der Waals surface area contributed by atoms with Crippen molar-refractivity contribution in [3.8, 4) is 0 Å². The van der Waals surface area contributed by atoms with Gasteiger partial charge in [0, 0.05) is 6.92 Å². The smallest absolute Gasteiger partial charge is 0.870 e. The van der Waals surface area contributed by atoms with Crippen molar-refractivity contribution in [2.75, 3.05) is 0 Å². The van der Waals surface area contributed by atoms with Gasteiger partial charge < -0.3 is 30.5 Å². The largest absolute Gasteiger partial charge is 2.00 e. The molecule has 2 N–H and O–H groups in total. The summed E-state index contributed by atoms with van der Waals surface area (Å²) in [6.07, 6.45) is 4.18. The van der Waals surface area contributed by atoms with Crippen LogP contribution in [0.5, 0.6) is 0 Å². The Hall–Kier alpha value is 1.95. The second kappa shape index (κ2) is 24.3. The fourth-order valence-electron chi connectivity index (χ4n) is 0.451. The van der Waals surface area contributed by atoms with Crippen molar-refractivity contribution < 1.29 is 15.4 Å². The number of rotatable bonds is 3. The number of hydrogen-bond acceptors (Lipinski definition) is 2. The van der Waals surface area contributed by atoms with E-state index in [0.29, 0.717) is 5.92 Å². The van der Waals surface area contributed by atoms with Crippen molar-refractivity contribution in [3.63, 3.8) is 0 Å². The van der Waals surface area contributed by atoms with Gasteiger partial charge in [0.2, 0.25) is 0 Å². The topological polar surface area (TPSA) is 74.5 Å². The van der Waals surface area contributed by atoms with E-state index in [0.717, 1.165) is 19.8 Å². The molecule has 0 saturated carbocycles. The fraction of sp³-hybridized carbons (Fsp3) is 0.556. The van der Waals surface area contributed by atoms with Crippen LogP contribution in [0.3, 0.4) is 0 Å². The van der Waals surface area contributed by atoms with Gasteiger partial charge in [-0.05, 0) is 0 Å². The third kappa shape index (κ3) is 48.4. The predicted molar refractivity (Wildman–Crippen MR) is 59.5 cm³/mol. The van der Waals surface area contributed by atoms with Gasteiger partial charge in [-0.2, -0.15) is 6.92 Å². The first-order valence-corrected chi connectivity index (χ1v) is 3.64. The number of aliphatic carboxylic acids is 1. The Morgan fingerprint density at radius 2 is 1.79 bits per heavy atom.